The van der Waals surface area contributed by atoms with Crippen LogP contribution in [0.1, 0.15) is 27.2 Å². The summed E-state index contributed by atoms with van der Waals surface area (Å²) >= 11 is 0. The van der Waals surface area contributed by atoms with Gasteiger partial charge < -0.3 is 4.99 Å². The highest BCUT2D eigenvalue weighted by atomic mass is 14.6. The fourth-order valence-corrected chi connectivity index (χ4v) is 0.754. The second kappa shape index (κ2) is 4.54. The summed E-state index contributed by atoms with van der Waals surface area (Å²) in [4.78, 5) is 3.98. The molecule has 0 aromatic heterocycles. The lowest BCUT2D eigenvalue weighted by atomic mass is 9.95. The molecule has 0 aromatic carbocycles. The Labute approximate surface area is 58.2 Å². The predicted octanol–water partition coefficient (Wildman–Crippen LogP) is 2.37. The Kier molecular flexibility index (Phi) is 4.37. The van der Waals surface area contributed by atoms with Crippen LogP contribution in [0.4, 0.5) is 0 Å². The summed E-state index contributed by atoms with van der Waals surface area (Å²) in [7, 11) is 1.83. The van der Waals surface area contributed by atoms with Gasteiger partial charge in [-0.15, -0.1) is 0 Å². The SMILES string of the molecule is CCC(C)C(C)C=NC. The summed E-state index contributed by atoms with van der Waals surface area (Å²) in [5, 5.41) is 0. The highest BCUT2D eigenvalue weighted by Crippen LogP contribution is 2.11. The van der Waals surface area contributed by atoms with Crippen LogP contribution in [0, 0.1) is 11.8 Å². The first-order valence-corrected chi connectivity index (χ1v) is 3.64. The minimum Gasteiger partial charge on any atom is -0.301 e. The van der Waals surface area contributed by atoms with Gasteiger partial charge in [-0.25, -0.2) is 0 Å². The fraction of sp³-hybridized carbons (Fsp3) is 0.875. The first-order valence-electron chi connectivity index (χ1n) is 3.64. The van der Waals surface area contributed by atoms with Crippen LogP contribution in [0.3, 0.4) is 0 Å². The van der Waals surface area contributed by atoms with Crippen molar-refractivity contribution in [2.24, 2.45) is 16.8 Å². The van der Waals surface area contributed by atoms with Crippen LogP contribution < -0.4 is 0 Å². The molecule has 0 bridgehead atoms. The summed E-state index contributed by atoms with van der Waals surface area (Å²) in [5.74, 6) is 1.41. The molecule has 0 aliphatic carbocycles. The number of hydrogen-bond donors (Lipinski definition) is 0. The zero-order chi connectivity index (χ0) is 7.28. The van der Waals surface area contributed by atoms with E-state index in [0.717, 1.165) is 5.92 Å². The van der Waals surface area contributed by atoms with Crippen LogP contribution >= 0.6 is 0 Å². The van der Waals surface area contributed by atoms with Gasteiger partial charge in [0.15, 0.2) is 0 Å². The molecule has 2 unspecified atom stereocenters. The average molecular weight is 127 g/mol. The molecule has 0 rings (SSSR count). The predicted molar refractivity (Wildman–Crippen MR) is 43.0 cm³/mol. The molecular weight excluding hydrogens is 110 g/mol. The molecule has 0 saturated carbocycles. The van der Waals surface area contributed by atoms with Gasteiger partial charge in [0.2, 0.25) is 0 Å². The second-order valence-corrected chi connectivity index (χ2v) is 2.65. The third-order valence-corrected chi connectivity index (χ3v) is 1.93. The highest BCUT2D eigenvalue weighted by Gasteiger charge is 2.05. The quantitative estimate of drug-likeness (QED) is 0.516. The van der Waals surface area contributed by atoms with E-state index in [0.29, 0.717) is 5.92 Å². The van der Waals surface area contributed by atoms with Crippen molar-refractivity contribution in [2.45, 2.75) is 27.2 Å². The monoisotopic (exact) mass is 127 g/mol. The third-order valence-electron chi connectivity index (χ3n) is 1.93. The van der Waals surface area contributed by atoms with Crippen molar-refractivity contribution >= 4 is 6.21 Å². The Bertz CT molecular complexity index is 86.6. The lowest BCUT2D eigenvalue weighted by Gasteiger charge is -2.11. The molecule has 1 heteroatoms. The molecule has 0 saturated heterocycles. The van der Waals surface area contributed by atoms with Gasteiger partial charge in [-0.05, 0) is 11.8 Å². The Balaban J connectivity index is 3.58. The van der Waals surface area contributed by atoms with Gasteiger partial charge in [-0.2, -0.15) is 0 Å². The topological polar surface area (TPSA) is 12.4 Å². The lowest BCUT2D eigenvalue weighted by Crippen LogP contribution is -2.07. The van der Waals surface area contributed by atoms with Crippen LogP contribution in [-0.2, 0) is 0 Å². The van der Waals surface area contributed by atoms with E-state index in [4.69, 9.17) is 0 Å². The number of hydrogen-bond acceptors (Lipinski definition) is 1. The summed E-state index contributed by atoms with van der Waals surface area (Å²) < 4.78 is 0. The fourth-order valence-electron chi connectivity index (χ4n) is 0.754. The van der Waals surface area contributed by atoms with Crippen molar-refractivity contribution in [3.05, 3.63) is 0 Å². The van der Waals surface area contributed by atoms with Crippen molar-refractivity contribution in [3.63, 3.8) is 0 Å². The van der Waals surface area contributed by atoms with Crippen molar-refractivity contribution in [1.29, 1.82) is 0 Å². The molecule has 2 atom stereocenters. The largest absolute Gasteiger partial charge is 0.301 e. The van der Waals surface area contributed by atoms with E-state index in [-0.39, 0.29) is 0 Å². The van der Waals surface area contributed by atoms with Crippen molar-refractivity contribution in [2.75, 3.05) is 7.05 Å². The zero-order valence-electron chi connectivity index (χ0n) is 6.89. The smallest absolute Gasteiger partial charge is 0.0273 e. The van der Waals surface area contributed by atoms with Gasteiger partial charge in [0.25, 0.3) is 0 Å². The van der Waals surface area contributed by atoms with Crippen molar-refractivity contribution < 1.29 is 0 Å². The molecule has 54 valence electrons. The summed E-state index contributed by atoms with van der Waals surface area (Å²) in [5.41, 5.74) is 0. The Hall–Kier alpha value is -0.330. The van der Waals surface area contributed by atoms with Crippen LogP contribution in [0.5, 0.6) is 0 Å². The zero-order valence-corrected chi connectivity index (χ0v) is 6.89. The molecule has 0 amide bonds. The minimum atomic E-state index is 0.639. The molecule has 0 heterocycles. The summed E-state index contributed by atoms with van der Waals surface area (Å²) in [6.45, 7) is 6.68. The molecule has 1 nitrogen and oxygen atoms in total. The van der Waals surface area contributed by atoms with E-state index in [9.17, 15) is 0 Å². The van der Waals surface area contributed by atoms with Crippen molar-refractivity contribution in [3.8, 4) is 0 Å². The van der Waals surface area contributed by atoms with Crippen LogP contribution in [0.25, 0.3) is 0 Å². The molecule has 0 fully saturated rings. The van der Waals surface area contributed by atoms with Gasteiger partial charge in [-0.1, -0.05) is 27.2 Å². The van der Waals surface area contributed by atoms with E-state index >= 15 is 0 Å². The first-order chi connectivity index (χ1) is 4.22. The Morgan fingerprint density at radius 3 is 2.33 bits per heavy atom. The minimum absolute atomic E-state index is 0.639. The van der Waals surface area contributed by atoms with Gasteiger partial charge in [0, 0.05) is 13.3 Å². The molecule has 0 aliphatic rings. The van der Waals surface area contributed by atoms with E-state index < -0.39 is 0 Å². The van der Waals surface area contributed by atoms with Crippen LogP contribution in [-0.4, -0.2) is 13.3 Å². The van der Waals surface area contributed by atoms with E-state index in [2.05, 4.69) is 25.8 Å². The van der Waals surface area contributed by atoms with E-state index in [1.165, 1.54) is 6.42 Å². The summed E-state index contributed by atoms with van der Waals surface area (Å²) in [6.07, 6.45) is 3.27. The first kappa shape index (κ1) is 8.67. The highest BCUT2D eigenvalue weighted by molar-refractivity contribution is 5.60. The summed E-state index contributed by atoms with van der Waals surface area (Å²) in [6, 6.07) is 0. The molecule has 0 N–H and O–H groups in total. The standard InChI is InChI=1S/C8H17N/c1-5-7(2)8(3)6-9-4/h6-8H,5H2,1-4H3. The molecule has 9 heavy (non-hydrogen) atoms. The normalized spacial score (nSPS) is 18.2. The maximum absolute atomic E-state index is 3.98. The van der Waals surface area contributed by atoms with Crippen LogP contribution in [0.2, 0.25) is 0 Å². The maximum Gasteiger partial charge on any atom is 0.0273 e. The van der Waals surface area contributed by atoms with E-state index in [1.54, 1.807) is 0 Å². The molecular formula is C8H17N. The van der Waals surface area contributed by atoms with Gasteiger partial charge in [0.05, 0.1) is 0 Å². The maximum atomic E-state index is 3.98. The molecule has 0 radical (unpaired) electrons. The molecule has 0 aliphatic heterocycles. The number of nitrogens with zero attached hydrogens (tertiary/aromatic N) is 1. The number of aliphatic imine (C=N–C) groups is 1. The lowest BCUT2D eigenvalue weighted by molar-refractivity contribution is 0.475. The molecule has 0 spiro atoms. The third kappa shape index (κ3) is 3.28. The number of rotatable bonds is 3. The van der Waals surface area contributed by atoms with Crippen molar-refractivity contribution in [1.82, 2.24) is 0 Å². The van der Waals surface area contributed by atoms with Crippen LogP contribution in [0.15, 0.2) is 4.99 Å². The van der Waals surface area contributed by atoms with E-state index in [1.807, 2.05) is 13.3 Å². The second-order valence-electron chi connectivity index (χ2n) is 2.65. The Morgan fingerprint density at radius 2 is 2.00 bits per heavy atom. The van der Waals surface area contributed by atoms with Gasteiger partial charge >= 0.3 is 0 Å². The average Bonchev–Trinajstić information content (AvgIpc) is 1.87. The molecule has 0 aromatic rings. The Morgan fingerprint density at radius 1 is 1.44 bits per heavy atom. The van der Waals surface area contributed by atoms with Gasteiger partial charge in [-0.3, -0.25) is 0 Å². The van der Waals surface area contributed by atoms with Gasteiger partial charge in [0.1, 0.15) is 0 Å².